The lowest BCUT2D eigenvalue weighted by atomic mass is 9.87. The van der Waals surface area contributed by atoms with Gasteiger partial charge in [0.15, 0.2) is 6.10 Å². The Balaban J connectivity index is 1.58. The van der Waals surface area contributed by atoms with Gasteiger partial charge in [-0.05, 0) is 72.9 Å². The predicted molar refractivity (Wildman–Crippen MR) is 133 cm³/mol. The average Bonchev–Trinajstić information content (AvgIpc) is 2.77. The Bertz CT molecular complexity index is 868. The third-order valence-electron chi connectivity index (χ3n) is 6.44. The number of carbonyl (C=O) groups is 1. The fraction of sp³-hybridized carbons (Fsp3) is 0.536. The lowest BCUT2D eigenvalue weighted by Crippen LogP contribution is -2.39. The van der Waals surface area contributed by atoms with E-state index in [1.807, 2.05) is 26.0 Å². The minimum Gasteiger partial charge on any atom is -0.481 e. The third kappa shape index (κ3) is 6.27. The number of hydrogen-bond donors (Lipinski definition) is 1. The van der Waals surface area contributed by atoms with E-state index >= 15 is 0 Å². The standard InChI is InChI=1S/C28H40N2O2/c1-7-26(32-25-16-12-23(13-17-25)28(4,5)6)27(31)29-21(3)22-10-14-24(15-11-22)30-18-8-9-20(2)19-30/h10-17,20-21,26H,7-9,18-19H2,1-6H3,(H,29,31)/t20-,21+,26-/m0/s1. The number of piperidine rings is 1. The Labute approximate surface area is 194 Å². The maximum Gasteiger partial charge on any atom is 0.261 e. The van der Waals surface area contributed by atoms with Crippen LogP contribution in [0.4, 0.5) is 5.69 Å². The largest absolute Gasteiger partial charge is 0.481 e. The SMILES string of the molecule is CC[C@H](Oc1ccc(C(C)(C)C)cc1)C(=O)N[C@H](C)c1ccc(N2CCC[C@H](C)C2)cc1. The van der Waals surface area contributed by atoms with Gasteiger partial charge in [-0.25, -0.2) is 0 Å². The monoisotopic (exact) mass is 436 g/mol. The Morgan fingerprint density at radius 1 is 1.12 bits per heavy atom. The van der Waals surface area contributed by atoms with Crippen molar-refractivity contribution in [3.8, 4) is 5.75 Å². The maximum atomic E-state index is 12.9. The van der Waals surface area contributed by atoms with E-state index in [9.17, 15) is 4.79 Å². The molecule has 2 aromatic carbocycles. The van der Waals surface area contributed by atoms with Gasteiger partial charge in [-0.1, -0.05) is 58.9 Å². The van der Waals surface area contributed by atoms with Crippen molar-refractivity contribution < 1.29 is 9.53 Å². The van der Waals surface area contributed by atoms with E-state index in [0.29, 0.717) is 6.42 Å². The van der Waals surface area contributed by atoms with E-state index in [4.69, 9.17) is 4.74 Å². The molecule has 2 aromatic rings. The highest BCUT2D eigenvalue weighted by Crippen LogP contribution is 2.26. The van der Waals surface area contributed by atoms with E-state index in [2.05, 4.69) is 74.3 Å². The number of anilines is 1. The molecule has 1 heterocycles. The molecule has 3 rings (SSSR count). The molecule has 4 heteroatoms. The van der Waals surface area contributed by atoms with Crippen LogP contribution in [0.3, 0.4) is 0 Å². The molecule has 1 N–H and O–H groups in total. The first-order chi connectivity index (χ1) is 15.2. The van der Waals surface area contributed by atoms with Crippen molar-refractivity contribution in [1.29, 1.82) is 0 Å². The highest BCUT2D eigenvalue weighted by Gasteiger charge is 2.22. The quantitative estimate of drug-likeness (QED) is 0.557. The summed E-state index contributed by atoms with van der Waals surface area (Å²) in [4.78, 5) is 15.4. The molecule has 0 saturated carbocycles. The molecule has 1 aliphatic heterocycles. The lowest BCUT2D eigenvalue weighted by Gasteiger charge is -2.33. The highest BCUT2D eigenvalue weighted by atomic mass is 16.5. The second-order valence-electron chi connectivity index (χ2n) is 10.3. The summed E-state index contributed by atoms with van der Waals surface area (Å²) >= 11 is 0. The van der Waals surface area contributed by atoms with E-state index < -0.39 is 6.10 Å². The number of hydrogen-bond acceptors (Lipinski definition) is 3. The molecule has 1 aliphatic rings. The summed E-state index contributed by atoms with van der Waals surface area (Å²) in [5, 5.41) is 3.13. The summed E-state index contributed by atoms with van der Waals surface area (Å²) in [5.41, 5.74) is 3.72. The second-order valence-corrected chi connectivity index (χ2v) is 10.3. The molecular formula is C28H40N2O2. The number of ether oxygens (including phenoxy) is 1. The molecule has 0 aromatic heterocycles. The average molecular weight is 437 g/mol. The lowest BCUT2D eigenvalue weighted by molar-refractivity contribution is -0.128. The fourth-order valence-corrected chi connectivity index (χ4v) is 4.31. The number of amides is 1. The zero-order valence-corrected chi connectivity index (χ0v) is 20.7. The zero-order chi connectivity index (χ0) is 23.3. The summed E-state index contributed by atoms with van der Waals surface area (Å²) in [5.74, 6) is 1.40. The van der Waals surface area contributed by atoms with Crippen LogP contribution in [0.1, 0.15) is 78.0 Å². The van der Waals surface area contributed by atoms with Crippen LogP contribution in [0.15, 0.2) is 48.5 Å². The Morgan fingerprint density at radius 3 is 2.34 bits per heavy atom. The van der Waals surface area contributed by atoms with Crippen molar-refractivity contribution in [2.45, 2.75) is 78.4 Å². The minimum atomic E-state index is -0.507. The minimum absolute atomic E-state index is 0.0715. The van der Waals surface area contributed by atoms with Gasteiger partial charge in [0.25, 0.3) is 5.91 Å². The van der Waals surface area contributed by atoms with E-state index in [-0.39, 0.29) is 17.4 Å². The Morgan fingerprint density at radius 2 is 1.78 bits per heavy atom. The second kappa shape index (κ2) is 10.4. The van der Waals surface area contributed by atoms with E-state index in [0.717, 1.165) is 30.3 Å². The normalized spacial score (nSPS) is 18.7. The van der Waals surface area contributed by atoms with Crippen LogP contribution < -0.4 is 15.0 Å². The Hall–Kier alpha value is -2.49. The van der Waals surface area contributed by atoms with Crippen LogP contribution >= 0.6 is 0 Å². The van der Waals surface area contributed by atoms with Crippen LogP contribution in [0, 0.1) is 5.92 Å². The van der Waals surface area contributed by atoms with Gasteiger partial charge in [-0.3, -0.25) is 4.79 Å². The first-order valence-corrected chi connectivity index (χ1v) is 12.1. The van der Waals surface area contributed by atoms with Crippen molar-refractivity contribution in [2.24, 2.45) is 5.92 Å². The van der Waals surface area contributed by atoms with Crippen LogP contribution in [-0.2, 0) is 10.2 Å². The molecule has 0 bridgehead atoms. The number of nitrogens with zero attached hydrogens (tertiary/aromatic N) is 1. The summed E-state index contributed by atoms with van der Waals surface area (Å²) < 4.78 is 6.02. The molecule has 1 amide bonds. The number of benzene rings is 2. The van der Waals surface area contributed by atoms with Gasteiger partial charge in [0.05, 0.1) is 6.04 Å². The van der Waals surface area contributed by atoms with Crippen LogP contribution in [0.5, 0.6) is 5.75 Å². The number of carbonyl (C=O) groups excluding carboxylic acids is 1. The van der Waals surface area contributed by atoms with Crippen molar-refractivity contribution in [3.63, 3.8) is 0 Å². The van der Waals surface area contributed by atoms with E-state index in [1.165, 1.54) is 24.1 Å². The first kappa shape index (κ1) is 24.2. The van der Waals surface area contributed by atoms with Crippen molar-refractivity contribution in [1.82, 2.24) is 5.32 Å². The molecule has 0 unspecified atom stereocenters. The molecule has 4 nitrogen and oxygen atoms in total. The smallest absolute Gasteiger partial charge is 0.261 e. The third-order valence-corrected chi connectivity index (χ3v) is 6.44. The molecule has 3 atom stereocenters. The van der Waals surface area contributed by atoms with Gasteiger partial charge >= 0.3 is 0 Å². The topological polar surface area (TPSA) is 41.6 Å². The fourth-order valence-electron chi connectivity index (χ4n) is 4.31. The summed E-state index contributed by atoms with van der Waals surface area (Å²) in [6, 6.07) is 16.6. The molecule has 32 heavy (non-hydrogen) atoms. The molecule has 0 aliphatic carbocycles. The molecule has 0 spiro atoms. The number of rotatable bonds is 7. The molecule has 1 saturated heterocycles. The van der Waals surface area contributed by atoms with Gasteiger partial charge in [0.2, 0.25) is 0 Å². The van der Waals surface area contributed by atoms with Gasteiger partial charge in [-0.15, -0.1) is 0 Å². The zero-order valence-electron chi connectivity index (χ0n) is 20.7. The van der Waals surface area contributed by atoms with E-state index in [1.54, 1.807) is 0 Å². The van der Waals surface area contributed by atoms with Crippen molar-refractivity contribution >= 4 is 11.6 Å². The van der Waals surface area contributed by atoms with Crippen LogP contribution in [-0.4, -0.2) is 25.1 Å². The van der Waals surface area contributed by atoms with Crippen molar-refractivity contribution in [2.75, 3.05) is 18.0 Å². The van der Waals surface area contributed by atoms with Gasteiger partial charge in [-0.2, -0.15) is 0 Å². The first-order valence-electron chi connectivity index (χ1n) is 12.1. The maximum absolute atomic E-state index is 12.9. The molecule has 1 fully saturated rings. The highest BCUT2D eigenvalue weighted by molar-refractivity contribution is 5.81. The van der Waals surface area contributed by atoms with Gasteiger partial charge in [0.1, 0.15) is 5.75 Å². The van der Waals surface area contributed by atoms with Gasteiger partial charge < -0.3 is 15.0 Å². The molecular weight excluding hydrogens is 396 g/mol. The van der Waals surface area contributed by atoms with Crippen LogP contribution in [0.25, 0.3) is 0 Å². The molecule has 0 radical (unpaired) electrons. The Kier molecular flexibility index (Phi) is 7.86. The molecule has 174 valence electrons. The summed E-state index contributed by atoms with van der Waals surface area (Å²) in [6.07, 6.45) is 2.68. The number of nitrogens with one attached hydrogen (secondary N) is 1. The summed E-state index contributed by atoms with van der Waals surface area (Å²) in [6.45, 7) is 15.1. The predicted octanol–water partition coefficient (Wildman–Crippen LogP) is 6.26. The summed E-state index contributed by atoms with van der Waals surface area (Å²) in [7, 11) is 0. The van der Waals surface area contributed by atoms with Gasteiger partial charge in [0, 0.05) is 18.8 Å². The van der Waals surface area contributed by atoms with Crippen LogP contribution in [0.2, 0.25) is 0 Å². The van der Waals surface area contributed by atoms with Crippen molar-refractivity contribution in [3.05, 3.63) is 59.7 Å².